The molecule has 5 rings (SSSR count). The lowest BCUT2D eigenvalue weighted by atomic mass is 10.0. The first-order valence-electron chi connectivity index (χ1n) is 11.3. The molecule has 0 saturated heterocycles. The molecule has 1 aliphatic heterocycles. The van der Waals surface area contributed by atoms with Crippen molar-refractivity contribution in [1.29, 1.82) is 0 Å². The van der Waals surface area contributed by atoms with Crippen molar-refractivity contribution < 1.29 is 4.79 Å². The second kappa shape index (κ2) is 9.49. The van der Waals surface area contributed by atoms with Crippen molar-refractivity contribution in [1.82, 2.24) is 15.0 Å². The molecule has 1 amide bonds. The first kappa shape index (κ1) is 21.9. The quantitative estimate of drug-likeness (QED) is 0.306. The Balaban J connectivity index is 1.38. The van der Waals surface area contributed by atoms with Gasteiger partial charge in [0.2, 0.25) is 0 Å². The summed E-state index contributed by atoms with van der Waals surface area (Å²) in [7, 11) is 0. The van der Waals surface area contributed by atoms with Crippen LogP contribution in [0.15, 0.2) is 83.2 Å². The molecule has 4 nitrogen and oxygen atoms in total. The topological polar surface area (TPSA) is 37.3 Å². The van der Waals surface area contributed by atoms with E-state index in [4.69, 9.17) is 0 Å². The van der Waals surface area contributed by atoms with E-state index in [2.05, 4.69) is 96.1 Å². The van der Waals surface area contributed by atoms with E-state index in [1.54, 1.807) is 28.1 Å². The molecule has 6 heteroatoms. The van der Waals surface area contributed by atoms with E-state index >= 15 is 0 Å². The van der Waals surface area contributed by atoms with E-state index in [0.717, 1.165) is 34.0 Å². The van der Waals surface area contributed by atoms with Gasteiger partial charge in [-0.2, -0.15) is 0 Å². The summed E-state index contributed by atoms with van der Waals surface area (Å²) in [6, 6.07) is 20.9. The highest BCUT2D eigenvalue weighted by atomic mass is 32.2. The van der Waals surface area contributed by atoms with Gasteiger partial charge < -0.3 is 4.57 Å². The van der Waals surface area contributed by atoms with Crippen LogP contribution in [0.3, 0.4) is 0 Å². The molecule has 0 aliphatic carbocycles. The molecule has 1 atom stereocenters. The van der Waals surface area contributed by atoms with Crippen molar-refractivity contribution >= 4 is 45.6 Å². The molecule has 0 bridgehead atoms. The van der Waals surface area contributed by atoms with E-state index < -0.39 is 0 Å². The van der Waals surface area contributed by atoms with Gasteiger partial charge in [-0.25, -0.2) is 5.01 Å². The minimum Gasteiger partial charge on any atom is -0.346 e. The molecule has 2 aromatic carbocycles. The van der Waals surface area contributed by atoms with Crippen LogP contribution in [0, 0.1) is 6.92 Å². The summed E-state index contributed by atoms with van der Waals surface area (Å²) in [5.41, 5.74) is 7.94. The second-order valence-corrected chi connectivity index (χ2v) is 10.2. The fourth-order valence-corrected chi connectivity index (χ4v) is 5.88. The summed E-state index contributed by atoms with van der Waals surface area (Å²) < 4.78 is 2.29. The van der Waals surface area contributed by atoms with E-state index in [9.17, 15) is 4.79 Å². The van der Waals surface area contributed by atoms with Gasteiger partial charge in [0.25, 0.3) is 5.91 Å². The number of hydrazine groups is 1. The Bertz CT molecular complexity index is 1290. The number of thiophene rings is 1. The van der Waals surface area contributed by atoms with Crippen LogP contribution in [0.25, 0.3) is 16.6 Å². The normalized spacial score (nSPS) is 15.6. The van der Waals surface area contributed by atoms with Gasteiger partial charge in [-0.05, 0) is 42.5 Å². The number of hydrogen-bond acceptors (Lipinski definition) is 4. The van der Waals surface area contributed by atoms with Crippen molar-refractivity contribution in [3.63, 3.8) is 0 Å². The number of aromatic nitrogens is 1. The average Bonchev–Trinajstić information content (AvgIpc) is 3.58. The molecule has 1 unspecified atom stereocenters. The third kappa shape index (κ3) is 4.45. The lowest BCUT2D eigenvalue weighted by Gasteiger charge is -2.25. The maximum Gasteiger partial charge on any atom is 0.252 e. The zero-order valence-electron chi connectivity index (χ0n) is 18.8. The number of nitrogens with one attached hydrogen (secondary N) is 1. The lowest BCUT2D eigenvalue weighted by molar-refractivity contribution is -0.131. The Labute approximate surface area is 202 Å². The molecule has 33 heavy (non-hydrogen) atoms. The molecule has 1 N–H and O–H groups in total. The smallest absolute Gasteiger partial charge is 0.252 e. The maximum atomic E-state index is 13.5. The van der Waals surface area contributed by atoms with E-state index in [1.165, 1.54) is 16.5 Å². The summed E-state index contributed by atoms with van der Waals surface area (Å²) in [6.45, 7) is 5.25. The fourth-order valence-electron chi connectivity index (χ4n) is 4.23. The largest absolute Gasteiger partial charge is 0.346 e. The predicted molar refractivity (Wildman–Crippen MR) is 139 cm³/mol. The number of aryl methyl sites for hydroxylation is 2. The molecule has 0 spiro atoms. The van der Waals surface area contributed by atoms with Gasteiger partial charge in [0.15, 0.2) is 0 Å². The number of nitrogens with zero attached hydrogens (tertiary/aromatic N) is 2. The number of carbonyl (C=O) groups excluding carboxylic acids is 1. The SMILES string of the molecule is CCCn1cc(SCC(=O)N2NC(c3cccs3)=CC2c2ccc(C)cc2)c2ccccc21. The van der Waals surface area contributed by atoms with Gasteiger partial charge in [-0.3, -0.25) is 10.2 Å². The second-order valence-electron chi connectivity index (χ2n) is 8.28. The Morgan fingerprint density at radius 2 is 1.91 bits per heavy atom. The number of hydrogen-bond donors (Lipinski definition) is 1. The van der Waals surface area contributed by atoms with Gasteiger partial charge in [-0.1, -0.05) is 61.0 Å². The highest BCUT2D eigenvalue weighted by Crippen LogP contribution is 2.35. The lowest BCUT2D eigenvalue weighted by Crippen LogP contribution is -2.40. The Morgan fingerprint density at radius 3 is 2.67 bits per heavy atom. The minimum absolute atomic E-state index is 0.0701. The number of fused-ring (bicyclic) bond motifs is 1. The van der Waals surface area contributed by atoms with Gasteiger partial charge >= 0.3 is 0 Å². The third-order valence-corrected chi connectivity index (χ3v) is 7.82. The molecule has 0 fully saturated rings. The van der Waals surface area contributed by atoms with Crippen LogP contribution in [-0.4, -0.2) is 21.2 Å². The van der Waals surface area contributed by atoms with Gasteiger partial charge in [-0.15, -0.1) is 23.1 Å². The maximum absolute atomic E-state index is 13.5. The van der Waals surface area contributed by atoms with E-state index in [0.29, 0.717) is 5.75 Å². The molecular formula is C27H27N3OS2. The van der Waals surface area contributed by atoms with Crippen LogP contribution < -0.4 is 5.43 Å². The molecule has 3 heterocycles. The fraction of sp³-hybridized carbons (Fsp3) is 0.222. The van der Waals surface area contributed by atoms with Crippen LogP contribution in [0.4, 0.5) is 0 Å². The molecule has 0 saturated carbocycles. The summed E-state index contributed by atoms with van der Waals surface area (Å²) in [5, 5.41) is 5.06. The first-order valence-corrected chi connectivity index (χ1v) is 13.1. The number of thioether (sulfide) groups is 1. The monoisotopic (exact) mass is 473 g/mol. The summed E-state index contributed by atoms with van der Waals surface area (Å²) in [6.07, 6.45) is 5.43. The summed E-state index contributed by atoms with van der Waals surface area (Å²) >= 11 is 3.29. The highest BCUT2D eigenvalue weighted by molar-refractivity contribution is 8.00. The van der Waals surface area contributed by atoms with Gasteiger partial charge in [0.05, 0.1) is 22.4 Å². The van der Waals surface area contributed by atoms with Crippen LogP contribution >= 0.6 is 23.1 Å². The number of carbonyl (C=O) groups is 1. The van der Waals surface area contributed by atoms with Gasteiger partial charge in [0.1, 0.15) is 0 Å². The van der Waals surface area contributed by atoms with E-state index in [-0.39, 0.29) is 11.9 Å². The zero-order chi connectivity index (χ0) is 22.8. The standard InChI is InChI=1S/C27H27N3OS2/c1-3-14-29-17-26(21-7-4-5-8-23(21)29)33-18-27(31)30-24(20-12-10-19(2)11-13-20)16-22(28-30)25-9-6-15-32-25/h4-13,15-17,24,28H,3,14,18H2,1-2H3. The number of rotatable bonds is 7. The zero-order valence-corrected chi connectivity index (χ0v) is 20.5. The Morgan fingerprint density at radius 1 is 1.09 bits per heavy atom. The molecule has 1 aliphatic rings. The molecule has 2 aromatic heterocycles. The summed E-state index contributed by atoms with van der Waals surface area (Å²) in [5.74, 6) is 0.446. The average molecular weight is 474 g/mol. The van der Waals surface area contributed by atoms with Crippen LogP contribution in [0.2, 0.25) is 0 Å². The molecular weight excluding hydrogens is 446 g/mol. The highest BCUT2D eigenvalue weighted by Gasteiger charge is 2.31. The van der Waals surface area contributed by atoms with Crippen LogP contribution in [0.5, 0.6) is 0 Å². The number of benzene rings is 2. The van der Waals surface area contributed by atoms with Crippen molar-refractivity contribution in [3.05, 3.63) is 94.3 Å². The van der Waals surface area contributed by atoms with Crippen molar-refractivity contribution in [2.24, 2.45) is 0 Å². The van der Waals surface area contributed by atoms with Crippen molar-refractivity contribution in [2.75, 3.05) is 5.75 Å². The third-order valence-electron chi connectivity index (χ3n) is 5.89. The molecule has 168 valence electrons. The number of amides is 1. The van der Waals surface area contributed by atoms with Gasteiger partial charge in [0, 0.05) is 28.5 Å². The Kier molecular flexibility index (Phi) is 6.29. The molecule has 4 aromatic rings. The van der Waals surface area contributed by atoms with E-state index in [1.807, 2.05) is 6.07 Å². The predicted octanol–water partition coefficient (Wildman–Crippen LogP) is 6.64. The summed E-state index contributed by atoms with van der Waals surface area (Å²) in [4.78, 5) is 15.8. The Hall–Kier alpha value is -2.96. The van der Waals surface area contributed by atoms with Crippen molar-refractivity contribution in [2.45, 2.75) is 37.8 Å². The van der Waals surface area contributed by atoms with Crippen LogP contribution in [0.1, 0.15) is 35.4 Å². The molecule has 0 radical (unpaired) electrons. The van der Waals surface area contributed by atoms with Crippen molar-refractivity contribution in [3.8, 4) is 0 Å². The minimum atomic E-state index is -0.128. The number of para-hydroxylation sites is 1. The first-order chi connectivity index (χ1) is 16.1. The van der Waals surface area contributed by atoms with Crippen LogP contribution in [-0.2, 0) is 11.3 Å².